The Balaban J connectivity index is 1.93. The molecule has 3 rings (SSSR count). The molecule has 0 aromatic heterocycles. The number of amides is 1. The number of ether oxygens (including phenoxy) is 1. The fourth-order valence-corrected chi connectivity index (χ4v) is 5.12. The fraction of sp³-hybridized carbons (Fsp3) is 0.435. The van der Waals surface area contributed by atoms with Crippen molar-refractivity contribution in [2.75, 3.05) is 56.1 Å². The Labute approximate surface area is 190 Å². The number of nitrogens with zero attached hydrogens (tertiary/aromatic N) is 1. The zero-order valence-electron chi connectivity index (χ0n) is 19.1. The average Bonchev–Trinajstić information content (AvgIpc) is 2.76. The zero-order chi connectivity index (χ0) is 23.3. The van der Waals surface area contributed by atoms with Crippen molar-refractivity contribution < 1.29 is 17.9 Å². The zero-order valence-corrected chi connectivity index (χ0v) is 19.9. The smallest absolute Gasteiger partial charge is 0.262 e. The molecule has 2 aromatic carbocycles. The van der Waals surface area contributed by atoms with Crippen LogP contribution in [-0.4, -0.2) is 60.8 Å². The number of aryl methyl sites for hydroxylation is 3. The van der Waals surface area contributed by atoms with Crippen LogP contribution in [0.5, 0.6) is 0 Å². The van der Waals surface area contributed by atoms with Crippen LogP contribution < -0.4 is 20.3 Å². The van der Waals surface area contributed by atoms with E-state index in [0.717, 1.165) is 43.0 Å². The largest absolute Gasteiger partial charge is 0.383 e. The third-order valence-electron chi connectivity index (χ3n) is 5.62. The topological polar surface area (TPSA) is 99.8 Å². The first-order chi connectivity index (χ1) is 15.2. The Morgan fingerprint density at radius 3 is 2.44 bits per heavy atom. The predicted octanol–water partition coefficient (Wildman–Crippen LogP) is 2.20. The van der Waals surface area contributed by atoms with Crippen LogP contribution in [0.2, 0.25) is 0 Å². The first-order valence-corrected chi connectivity index (χ1v) is 12.2. The molecule has 32 heavy (non-hydrogen) atoms. The third-order valence-corrected chi connectivity index (χ3v) is 7.15. The lowest BCUT2D eigenvalue weighted by Gasteiger charge is -2.31. The highest BCUT2D eigenvalue weighted by Crippen LogP contribution is 2.28. The van der Waals surface area contributed by atoms with Crippen molar-refractivity contribution in [2.24, 2.45) is 0 Å². The molecule has 2 aromatic rings. The predicted molar refractivity (Wildman–Crippen MR) is 127 cm³/mol. The summed E-state index contributed by atoms with van der Waals surface area (Å²) in [6.07, 6.45) is 0. The number of benzene rings is 2. The van der Waals surface area contributed by atoms with Crippen LogP contribution in [0.4, 0.5) is 11.4 Å². The number of anilines is 2. The van der Waals surface area contributed by atoms with Crippen LogP contribution in [0.15, 0.2) is 35.2 Å². The van der Waals surface area contributed by atoms with Crippen molar-refractivity contribution in [3.63, 3.8) is 0 Å². The van der Waals surface area contributed by atoms with E-state index in [-0.39, 0.29) is 10.8 Å². The number of methoxy groups -OCH3 is 1. The molecule has 0 unspecified atom stereocenters. The highest BCUT2D eigenvalue weighted by Gasteiger charge is 2.22. The lowest BCUT2D eigenvalue weighted by Crippen LogP contribution is -2.44. The van der Waals surface area contributed by atoms with Crippen molar-refractivity contribution in [3.8, 4) is 0 Å². The molecule has 1 saturated heterocycles. The van der Waals surface area contributed by atoms with Crippen LogP contribution in [0.1, 0.15) is 27.0 Å². The molecule has 1 aliphatic rings. The van der Waals surface area contributed by atoms with Gasteiger partial charge in [-0.05, 0) is 61.7 Å². The summed E-state index contributed by atoms with van der Waals surface area (Å²) in [6, 6.07) is 8.67. The molecule has 0 atom stereocenters. The van der Waals surface area contributed by atoms with Crippen molar-refractivity contribution in [2.45, 2.75) is 25.7 Å². The molecule has 1 heterocycles. The maximum absolute atomic E-state index is 13.1. The van der Waals surface area contributed by atoms with E-state index in [1.165, 1.54) is 0 Å². The van der Waals surface area contributed by atoms with Gasteiger partial charge in [0.05, 0.1) is 17.1 Å². The quantitative estimate of drug-likeness (QED) is 0.523. The Bertz CT molecular complexity index is 1080. The fourth-order valence-electron chi connectivity index (χ4n) is 3.76. The molecule has 9 heteroatoms. The molecule has 0 spiro atoms. The van der Waals surface area contributed by atoms with Gasteiger partial charge in [0.1, 0.15) is 0 Å². The summed E-state index contributed by atoms with van der Waals surface area (Å²) in [4.78, 5) is 15.3. The summed E-state index contributed by atoms with van der Waals surface area (Å²) in [5.41, 5.74) is 4.18. The van der Waals surface area contributed by atoms with Crippen molar-refractivity contribution in [1.29, 1.82) is 0 Å². The highest BCUT2D eigenvalue weighted by molar-refractivity contribution is 7.92. The minimum absolute atomic E-state index is 0.234. The Hall–Kier alpha value is -2.62. The summed E-state index contributed by atoms with van der Waals surface area (Å²) in [5.74, 6) is -0.265. The molecule has 0 aliphatic carbocycles. The lowest BCUT2D eigenvalue weighted by molar-refractivity contribution is 0.0937. The highest BCUT2D eigenvalue weighted by atomic mass is 32.2. The van der Waals surface area contributed by atoms with E-state index < -0.39 is 10.0 Å². The first kappa shape index (κ1) is 24.0. The molecule has 174 valence electrons. The summed E-state index contributed by atoms with van der Waals surface area (Å²) in [7, 11) is -2.24. The molecule has 8 nitrogen and oxygen atoms in total. The minimum Gasteiger partial charge on any atom is -0.383 e. The monoisotopic (exact) mass is 460 g/mol. The second-order valence-corrected chi connectivity index (χ2v) is 9.68. The maximum atomic E-state index is 13.1. The normalized spacial score (nSPS) is 14.3. The SMILES string of the molecule is COCCNC(=O)c1cc(NS(=O)(=O)c2cc(C)c(C)cc2C)ccc1N1CCNCC1. The average molecular weight is 461 g/mol. The van der Waals surface area contributed by atoms with Crippen LogP contribution in [0.25, 0.3) is 0 Å². The molecule has 1 aliphatic heterocycles. The summed E-state index contributed by atoms with van der Waals surface area (Å²) >= 11 is 0. The van der Waals surface area contributed by atoms with E-state index in [2.05, 4.69) is 20.3 Å². The number of nitrogens with one attached hydrogen (secondary N) is 3. The van der Waals surface area contributed by atoms with E-state index in [4.69, 9.17) is 4.74 Å². The van der Waals surface area contributed by atoms with Crippen molar-refractivity contribution in [3.05, 3.63) is 52.6 Å². The van der Waals surface area contributed by atoms with Crippen molar-refractivity contribution in [1.82, 2.24) is 10.6 Å². The van der Waals surface area contributed by atoms with Gasteiger partial charge in [0.25, 0.3) is 15.9 Å². The van der Waals surface area contributed by atoms with Gasteiger partial charge in [-0.15, -0.1) is 0 Å². The number of sulfonamides is 1. The van der Waals surface area contributed by atoms with Gasteiger partial charge in [-0.1, -0.05) is 6.07 Å². The van der Waals surface area contributed by atoms with Crippen molar-refractivity contribution >= 4 is 27.3 Å². The molecule has 0 bridgehead atoms. The molecule has 1 fully saturated rings. The van der Waals surface area contributed by atoms with Gasteiger partial charge in [0, 0.05) is 51.2 Å². The number of carbonyl (C=O) groups is 1. The maximum Gasteiger partial charge on any atom is 0.262 e. The van der Waals surface area contributed by atoms with Gasteiger partial charge in [-0.2, -0.15) is 0 Å². The van der Waals surface area contributed by atoms with E-state index in [1.807, 2.05) is 26.0 Å². The molecule has 3 N–H and O–H groups in total. The minimum atomic E-state index is -3.81. The first-order valence-electron chi connectivity index (χ1n) is 10.7. The van der Waals surface area contributed by atoms with E-state index in [0.29, 0.717) is 30.0 Å². The number of hydrogen-bond acceptors (Lipinski definition) is 6. The summed E-state index contributed by atoms with van der Waals surface area (Å²) in [5, 5.41) is 6.14. The third kappa shape index (κ3) is 5.59. The molecule has 1 amide bonds. The number of hydrogen-bond donors (Lipinski definition) is 3. The van der Waals surface area contributed by atoms with Crippen LogP contribution in [-0.2, 0) is 14.8 Å². The molecular formula is C23H32N4O4S. The van der Waals surface area contributed by atoms with E-state index >= 15 is 0 Å². The second-order valence-electron chi connectivity index (χ2n) is 8.03. The molecule has 0 radical (unpaired) electrons. The number of carbonyl (C=O) groups excluding carboxylic acids is 1. The van der Waals surface area contributed by atoms with Gasteiger partial charge >= 0.3 is 0 Å². The molecule has 0 saturated carbocycles. The van der Waals surface area contributed by atoms with Gasteiger partial charge in [-0.25, -0.2) is 8.42 Å². The number of rotatable bonds is 8. The molecular weight excluding hydrogens is 428 g/mol. The second kappa shape index (κ2) is 10.3. The summed E-state index contributed by atoms with van der Waals surface area (Å²) in [6.45, 7) is 9.57. The van der Waals surface area contributed by atoms with Crippen LogP contribution in [0, 0.1) is 20.8 Å². The Morgan fingerprint density at radius 2 is 1.75 bits per heavy atom. The van der Waals surface area contributed by atoms with Gasteiger partial charge < -0.3 is 20.3 Å². The van der Waals surface area contributed by atoms with Crippen LogP contribution in [0.3, 0.4) is 0 Å². The van der Waals surface area contributed by atoms with Gasteiger partial charge in [-0.3, -0.25) is 9.52 Å². The van der Waals surface area contributed by atoms with Crippen LogP contribution >= 0.6 is 0 Å². The van der Waals surface area contributed by atoms with E-state index in [9.17, 15) is 13.2 Å². The van der Waals surface area contributed by atoms with Gasteiger partial charge in [0.2, 0.25) is 0 Å². The van der Waals surface area contributed by atoms with E-state index in [1.54, 1.807) is 32.2 Å². The standard InChI is InChI=1S/C23H32N4O4S/c1-16-13-18(3)22(14-17(16)2)32(29,30)26-19-5-6-21(27-10-7-24-8-11-27)20(15-19)23(28)25-9-12-31-4/h5-6,13-15,24,26H,7-12H2,1-4H3,(H,25,28). The lowest BCUT2D eigenvalue weighted by atomic mass is 10.1. The Morgan fingerprint density at radius 1 is 1.06 bits per heavy atom. The Kier molecular flexibility index (Phi) is 7.76. The van der Waals surface area contributed by atoms with Gasteiger partial charge in [0.15, 0.2) is 0 Å². The summed E-state index contributed by atoms with van der Waals surface area (Å²) < 4.78 is 33.9. The number of piperazine rings is 1.